The molecule has 1 fully saturated rings. The van der Waals surface area contributed by atoms with E-state index in [1.54, 1.807) is 6.92 Å². The van der Waals surface area contributed by atoms with Gasteiger partial charge in [0.2, 0.25) is 0 Å². The molecule has 1 aliphatic rings. The molecule has 0 atom stereocenters. The molecule has 0 radical (unpaired) electrons. The summed E-state index contributed by atoms with van der Waals surface area (Å²) in [5.41, 5.74) is 2.24. The maximum absolute atomic E-state index is 11.8. The minimum Gasteiger partial charge on any atom is -0.487 e. The van der Waals surface area contributed by atoms with E-state index < -0.39 is 5.97 Å². The lowest BCUT2D eigenvalue weighted by Crippen LogP contribution is -2.13. The minimum absolute atomic E-state index is 0.257. The van der Waals surface area contributed by atoms with Gasteiger partial charge in [-0.25, -0.2) is 4.79 Å². The molecule has 0 saturated carbocycles. The second kappa shape index (κ2) is 8.49. The molecule has 0 spiro atoms. The fraction of sp³-hybridized carbons (Fsp3) is 0.444. The van der Waals surface area contributed by atoms with E-state index in [4.69, 9.17) is 14.2 Å². The van der Waals surface area contributed by atoms with Crippen molar-refractivity contribution in [1.82, 2.24) is 10.2 Å². The lowest BCUT2D eigenvalue weighted by atomic mass is 9.92. The van der Waals surface area contributed by atoms with Crippen LogP contribution in [0.3, 0.4) is 0 Å². The van der Waals surface area contributed by atoms with Gasteiger partial charge in [-0.15, -0.1) is 0 Å². The standard InChI is InChI=1S/C18H21BrN2O4/c1-2-24-18(22)17-16(19)15(20-21-17)11-25-14-5-3-12(4-6-14)13-7-9-23-10-8-13/h3-6,13H,2,7-11H2,1H3,(H,20,21). The molecule has 3 rings (SSSR count). The van der Waals surface area contributed by atoms with Crippen molar-refractivity contribution in [3.05, 3.63) is 45.7 Å². The van der Waals surface area contributed by atoms with E-state index in [0.29, 0.717) is 28.4 Å². The molecule has 0 aliphatic carbocycles. The van der Waals surface area contributed by atoms with Gasteiger partial charge in [0, 0.05) is 13.2 Å². The van der Waals surface area contributed by atoms with Gasteiger partial charge in [-0.3, -0.25) is 5.10 Å². The van der Waals surface area contributed by atoms with Gasteiger partial charge in [0.15, 0.2) is 5.69 Å². The number of ether oxygens (including phenoxy) is 3. The predicted octanol–water partition coefficient (Wildman–Crippen LogP) is 3.82. The molecule has 0 amide bonds. The summed E-state index contributed by atoms with van der Waals surface area (Å²) in [6.07, 6.45) is 2.13. The van der Waals surface area contributed by atoms with E-state index in [0.717, 1.165) is 31.8 Å². The number of nitrogens with zero attached hydrogens (tertiary/aromatic N) is 1. The molecule has 2 aromatic rings. The number of aromatic nitrogens is 2. The van der Waals surface area contributed by atoms with E-state index in [1.807, 2.05) is 12.1 Å². The molecular weight excluding hydrogens is 388 g/mol. The second-order valence-corrected chi connectivity index (χ2v) is 6.62. The summed E-state index contributed by atoms with van der Waals surface area (Å²) >= 11 is 3.37. The highest BCUT2D eigenvalue weighted by Crippen LogP contribution is 2.28. The van der Waals surface area contributed by atoms with Crippen LogP contribution in [-0.2, 0) is 16.1 Å². The number of carbonyl (C=O) groups is 1. The molecular formula is C18H21BrN2O4. The van der Waals surface area contributed by atoms with Gasteiger partial charge >= 0.3 is 5.97 Å². The van der Waals surface area contributed by atoms with Crippen molar-refractivity contribution in [2.75, 3.05) is 19.8 Å². The van der Waals surface area contributed by atoms with Gasteiger partial charge in [-0.2, -0.15) is 5.10 Å². The third kappa shape index (κ3) is 4.41. The molecule has 1 aromatic carbocycles. The van der Waals surface area contributed by atoms with Crippen molar-refractivity contribution in [3.8, 4) is 5.75 Å². The maximum atomic E-state index is 11.8. The van der Waals surface area contributed by atoms with Crippen molar-refractivity contribution in [2.45, 2.75) is 32.3 Å². The summed E-state index contributed by atoms with van der Waals surface area (Å²) in [6, 6.07) is 8.15. The summed E-state index contributed by atoms with van der Waals surface area (Å²) < 4.78 is 16.7. The van der Waals surface area contributed by atoms with Gasteiger partial charge < -0.3 is 14.2 Å². The fourth-order valence-corrected chi connectivity index (χ4v) is 3.27. The first-order valence-electron chi connectivity index (χ1n) is 8.39. The van der Waals surface area contributed by atoms with Gasteiger partial charge in [0.05, 0.1) is 11.1 Å². The Morgan fingerprint density at radius 2 is 2.04 bits per heavy atom. The first-order valence-corrected chi connectivity index (χ1v) is 9.18. The van der Waals surface area contributed by atoms with E-state index in [-0.39, 0.29) is 6.61 Å². The van der Waals surface area contributed by atoms with Crippen molar-refractivity contribution in [1.29, 1.82) is 0 Å². The van der Waals surface area contributed by atoms with Crippen LogP contribution in [0.5, 0.6) is 5.75 Å². The summed E-state index contributed by atoms with van der Waals surface area (Å²) in [4.78, 5) is 11.8. The third-order valence-corrected chi connectivity index (χ3v) is 5.06. The first-order chi connectivity index (χ1) is 12.2. The topological polar surface area (TPSA) is 73.4 Å². The zero-order chi connectivity index (χ0) is 17.6. The van der Waals surface area contributed by atoms with E-state index in [9.17, 15) is 4.79 Å². The highest BCUT2D eigenvalue weighted by atomic mass is 79.9. The van der Waals surface area contributed by atoms with Crippen molar-refractivity contribution in [2.24, 2.45) is 0 Å². The Labute approximate surface area is 155 Å². The van der Waals surface area contributed by atoms with E-state index in [1.165, 1.54) is 5.56 Å². The van der Waals surface area contributed by atoms with Gasteiger partial charge in [0.25, 0.3) is 0 Å². The number of hydrogen-bond acceptors (Lipinski definition) is 5. The molecule has 0 unspecified atom stereocenters. The number of esters is 1. The minimum atomic E-state index is -0.436. The molecule has 134 valence electrons. The Hall–Kier alpha value is -1.86. The highest BCUT2D eigenvalue weighted by Gasteiger charge is 2.19. The number of halogens is 1. The van der Waals surface area contributed by atoms with Gasteiger partial charge in [-0.05, 0) is 59.3 Å². The smallest absolute Gasteiger partial charge is 0.357 e. The monoisotopic (exact) mass is 408 g/mol. The Kier molecular flexibility index (Phi) is 6.09. The Morgan fingerprint density at radius 3 is 2.72 bits per heavy atom. The average molecular weight is 409 g/mol. The quantitative estimate of drug-likeness (QED) is 0.735. The Morgan fingerprint density at radius 1 is 1.32 bits per heavy atom. The Balaban J connectivity index is 1.59. The molecule has 25 heavy (non-hydrogen) atoms. The highest BCUT2D eigenvalue weighted by molar-refractivity contribution is 9.10. The molecule has 7 heteroatoms. The summed E-state index contributed by atoms with van der Waals surface area (Å²) in [7, 11) is 0. The normalized spacial score (nSPS) is 15.1. The Bertz CT molecular complexity index is 708. The van der Waals surface area contributed by atoms with Crippen LogP contribution >= 0.6 is 15.9 Å². The van der Waals surface area contributed by atoms with Crippen LogP contribution in [0.15, 0.2) is 28.7 Å². The van der Waals surface area contributed by atoms with Crippen LogP contribution in [0.2, 0.25) is 0 Å². The molecule has 6 nitrogen and oxygen atoms in total. The van der Waals surface area contributed by atoms with Crippen LogP contribution < -0.4 is 4.74 Å². The lowest BCUT2D eigenvalue weighted by molar-refractivity contribution is 0.0518. The number of aromatic amines is 1. The van der Waals surface area contributed by atoms with Crippen molar-refractivity contribution < 1.29 is 19.0 Å². The van der Waals surface area contributed by atoms with Crippen molar-refractivity contribution >= 4 is 21.9 Å². The van der Waals surface area contributed by atoms with Crippen LogP contribution in [0.25, 0.3) is 0 Å². The average Bonchev–Trinajstić information content (AvgIpc) is 3.02. The van der Waals surface area contributed by atoms with Gasteiger partial charge in [-0.1, -0.05) is 12.1 Å². The molecule has 1 saturated heterocycles. The maximum Gasteiger partial charge on any atom is 0.357 e. The second-order valence-electron chi connectivity index (χ2n) is 5.82. The number of hydrogen-bond donors (Lipinski definition) is 1. The van der Waals surface area contributed by atoms with Crippen LogP contribution in [0.1, 0.15) is 47.4 Å². The summed E-state index contributed by atoms with van der Waals surface area (Å²) in [5.74, 6) is 0.896. The number of rotatable bonds is 6. The third-order valence-electron chi connectivity index (χ3n) is 4.20. The zero-order valence-electron chi connectivity index (χ0n) is 14.1. The lowest BCUT2D eigenvalue weighted by Gasteiger charge is -2.22. The van der Waals surface area contributed by atoms with Crippen molar-refractivity contribution in [3.63, 3.8) is 0 Å². The summed E-state index contributed by atoms with van der Waals surface area (Å²) in [6.45, 7) is 4.00. The van der Waals surface area contributed by atoms with Gasteiger partial charge in [0.1, 0.15) is 18.1 Å². The molecule has 1 aromatic heterocycles. The van der Waals surface area contributed by atoms with E-state index in [2.05, 4.69) is 38.3 Å². The summed E-state index contributed by atoms with van der Waals surface area (Å²) in [5, 5.41) is 6.80. The molecule has 2 heterocycles. The number of carbonyl (C=O) groups excluding carboxylic acids is 1. The van der Waals surface area contributed by atoms with E-state index >= 15 is 0 Å². The molecule has 1 N–H and O–H groups in total. The van der Waals surface area contributed by atoms with Crippen LogP contribution in [0.4, 0.5) is 0 Å². The zero-order valence-corrected chi connectivity index (χ0v) is 15.7. The number of benzene rings is 1. The largest absolute Gasteiger partial charge is 0.487 e. The number of H-pyrrole nitrogens is 1. The number of nitrogens with one attached hydrogen (secondary N) is 1. The van der Waals surface area contributed by atoms with Crippen LogP contribution in [-0.4, -0.2) is 36.0 Å². The van der Waals surface area contributed by atoms with Crippen LogP contribution in [0, 0.1) is 0 Å². The molecule has 1 aliphatic heterocycles. The SMILES string of the molecule is CCOC(=O)c1[nH]nc(COc2ccc(C3CCOCC3)cc2)c1Br. The molecule has 0 bridgehead atoms. The predicted molar refractivity (Wildman–Crippen MR) is 95.8 cm³/mol. The first kappa shape index (κ1) is 17.9. The fourth-order valence-electron chi connectivity index (χ4n) is 2.82.